The lowest BCUT2D eigenvalue weighted by atomic mass is 9.93. The van der Waals surface area contributed by atoms with Gasteiger partial charge in [-0.3, -0.25) is 9.59 Å². The van der Waals surface area contributed by atoms with Crippen LogP contribution < -0.4 is 10.6 Å². The highest BCUT2D eigenvalue weighted by molar-refractivity contribution is 5.88. The van der Waals surface area contributed by atoms with E-state index in [0.29, 0.717) is 18.5 Å². The zero-order valence-electron chi connectivity index (χ0n) is 12.8. The topological polar surface area (TPSA) is 58.2 Å². The van der Waals surface area contributed by atoms with Crippen molar-refractivity contribution in [3.05, 3.63) is 29.8 Å². The number of hydrogen-bond donors (Lipinski definition) is 2. The highest BCUT2D eigenvalue weighted by Crippen LogP contribution is 2.15. The molecule has 0 unspecified atom stereocenters. The number of anilines is 1. The Labute approximate surface area is 126 Å². The molecule has 112 valence electrons. The third-order valence-electron chi connectivity index (χ3n) is 3.50. The Hall–Kier alpha value is -2.28. The van der Waals surface area contributed by atoms with E-state index in [1.807, 2.05) is 26.0 Å². The summed E-state index contributed by atoms with van der Waals surface area (Å²) in [6, 6.07) is 7.19. The number of terminal acetylenes is 1. The molecule has 4 heteroatoms. The molecule has 1 aromatic carbocycles. The number of amides is 2. The molecule has 0 saturated heterocycles. The summed E-state index contributed by atoms with van der Waals surface area (Å²) in [5.74, 6) is 2.47. The fourth-order valence-electron chi connectivity index (χ4n) is 2.07. The second kappa shape index (κ2) is 7.49. The Morgan fingerprint density at radius 3 is 2.19 bits per heavy atom. The van der Waals surface area contributed by atoms with E-state index >= 15 is 0 Å². The first-order valence-corrected chi connectivity index (χ1v) is 7.10. The second-order valence-electron chi connectivity index (χ2n) is 5.04. The number of carbonyl (C=O) groups excluding carboxylic acids is 2. The van der Waals surface area contributed by atoms with Crippen molar-refractivity contribution in [1.82, 2.24) is 5.32 Å². The molecule has 0 aliphatic rings. The first-order chi connectivity index (χ1) is 9.94. The number of rotatable bonds is 6. The Bertz CT molecular complexity index is 537. The van der Waals surface area contributed by atoms with Gasteiger partial charge in [-0.2, -0.15) is 0 Å². The van der Waals surface area contributed by atoms with Crippen LogP contribution in [0.1, 0.15) is 39.2 Å². The summed E-state index contributed by atoms with van der Waals surface area (Å²) in [6.45, 7) is 5.38. The highest BCUT2D eigenvalue weighted by Gasteiger charge is 2.25. The molecule has 1 aromatic rings. The third kappa shape index (κ3) is 4.96. The van der Waals surface area contributed by atoms with Gasteiger partial charge in [0.2, 0.25) is 11.8 Å². The number of nitrogens with one attached hydrogen (secondary N) is 2. The molecule has 0 aliphatic carbocycles. The summed E-state index contributed by atoms with van der Waals surface area (Å²) in [7, 11) is 0. The van der Waals surface area contributed by atoms with Crippen LogP contribution in [0.3, 0.4) is 0 Å². The smallest absolute Gasteiger partial charge is 0.225 e. The largest absolute Gasteiger partial charge is 0.340 e. The van der Waals surface area contributed by atoms with Gasteiger partial charge >= 0.3 is 0 Å². The van der Waals surface area contributed by atoms with Crippen molar-refractivity contribution >= 4 is 17.5 Å². The van der Waals surface area contributed by atoms with Crippen LogP contribution in [0.5, 0.6) is 0 Å². The van der Waals surface area contributed by atoms with Crippen LogP contribution in [-0.4, -0.2) is 17.4 Å². The van der Waals surface area contributed by atoms with Crippen molar-refractivity contribution in [1.29, 1.82) is 0 Å². The molecule has 0 fully saturated rings. The maximum atomic E-state index is 12.1. The molecule has 0 spiro atoms. The van der Waals surface area contributed by atoms with Gasteiger partial charge in [-0.05, 0) is 30.5 Å². The van der Waals surface area contributed by atoms with Gasteiger partial charge < -0.3 is 10.6 Å². The monoisotopic (exact) mass is 286 g/mol. The van der Waals surface area contributed by atoms with Gasteiger partial charge in [-0.1, -0.05) is 31.9 Å². The summed E-state index contributed by atoms with van der Waals surface area (Å²) < 4.78 is 0. The lowest BCUT2D eigenvalue weighted by molar-refractivity contribution is -0.121. The molecule has 0 radical (unpaired) electrons. The molecular weight excluding hydrogens is 264 g/mol. The Morgan fingerprint density at radius 1 is 1.19 bits per heavy atom. The third-order valence-corrected chi connectivity index (χ3v) is 3.50. The van der Waals surface area contributed by atoms with Gasteiger partial charge in [-0.15, -0.1) is 6.42 Å². The molecule has 21 heavy (non-hydrogen) atoms. The first-order valence-electron chi connectivity index (χ1n) is 7.10. The van der Waals surface area contributed by atoms with E-state index in [1.165, 1.54) is 6.92 Å². The molecule has 0 aliphatic heterocycles. The fraction of sp³-hybridized carbons (Fsp3) is 0.412. The molecule has 0 aromatic heterocycles. The van der Waals surface area contributed by atoms with E-state index in [9.17, 15) is 9.59 Å². The summed E-state index contributed by atoms with van der Waals surface area (Å²) in [4.78, 5) is 23.0. The standard InChI is InChI=1S/C17H22N2O2/c1-5-17(6-2,7-3)19-16(21)12-14-8-10-15(11-9-14)18-13(4)20/h1,8-11H,6-7,12H2,2-4H3,(H,18,20)(H,19,21). The second-order valence-corrected chi connectivity index (χ2v) is 5.04. The van der Waals surface area contributed by atoms with Crippen molar-refractivity contribution in [2.75, 3.05) is 5.32 Å². The van der Waals surface area contributed by atoms with Gasteiger partial charge in [-0.25, -0.2) is 0 Å². The van der Waals surface area contributed by atoms with Gasteiger partial charge in [0.1, 0.15) is 5.54 Å². The molecular formula is C17H22N2O2. The van der Waals surface area contributed by atoms with Crippen LogP contribution in [0, 0.1) is 12.3 Å². The Morgan fingerprint density at radius 2 is 1.76 bits per heavy atom. The lowest BCUT2D eigenvalue weighted by Gasteiger charge is -2.27. The predicted octanol–water partition coefficient (Wildman–Crippen LogP) is 2.50. The van der Waals surface area contributed by atoms with Crippen LogP contribution >= 0.6 is 0 Å². The summed E-state index contributed by atoms with van der Waals surface area (Å²) in [5, 5.41) is 5.62. The van der Waals surface area contributed by atoms with E-state index < -0.39 is 5.54 Å². The maximum Gasteiger partial charge on any atom is 0.225 e. The molecule has 0 atom stereocenters. The predicted molar refractivity (Wildman–Crippen MR) is 84.7 cm³/mol. The molecule has 2 amide bonds. The van der Waals surface area contributed by atoms with Crippen LogP contribution in [0.2, 0.25) is 0 Å². The van der Waals surface area contributed by atoms with Crippen molar-refractivity contribution in [2.24, 2.45) is 0 Å². The van der Waals surface area contributed by atoms with Crippen molar-refractivity contribution in [3.8, 4) is 12.3 Å². The quantitative estimate of drug-likeness (QED) is 0.789. The SMILES string of the molecule is C#CC(CC)(CC)NC(=O)Cc1ccc(NC(C)=O)cc1. The van der Waals surface area contributed by atoms with Gasteiger partial charge in [0.15, 0.2) is 0 Å². The summed E-state index contributed by atoms with van der Waals surface area (Å²) in [6.07, 6.45) is 7.20. The molecule has 0 saturated carbocycles. The minimum Gasteiger partial charge on any atom is -0.340 e. The van der Waals surface area contributed by atoms with Crippen molar-refractivity contribution < 1.29 is 9.59 Å². The van der Waals surface area contributed by atoms with Gasteiger partial charge in [0.25, 0.3) is 0 Å². The van der Waals surface area contributed by atoms with Crippen molar-refractivity contribution in [2.45, 2.75) is 45.6 Å². The van der Waals surface area contributed by atoms with E-state index in [4.69, 9.17) is 6.42 Å². The first kappa shape index (κ1) is 16.8. The number of hydrogen-bond acceptors (Lipinski definition) is 2. The minimum atomic E-state index is -0.562. The minimum absolute atomic E-state index is 0.0936. The number of benzene rings is 1. The Kier molecular flexibility index (Phi) is 5.98. The zero-order chi connectivity index (χ0) is 15.9. The average molecular weight is 286 g/mol. The normalized spacial score (nSPS) is 10.6. The number of carbonyl (C=O) groups is 2. The molecule has 2 N–H and O–H groups in total. The molecule has 1 rings (SSSR count). The molecule has 0 heterocycles. The van der Waals surface area contributed by atoms with E-state index in [1.54, 1.807) is 12.1 Å². The summed E-state index contributed by atoms with van der Waals surface area (Å²) >= 11 is 0. The average Bonchev–Trinajstić information content (AvgIpc) is 2.46. The van der Waals surface area contributed by atoms with Crippen molar-refractivity contribution in [3.63, 3.8) is 0 Å². The molecule has 0 bridgehead atoms. The van der Waals surface area contributed by atoms with E-state index in [0.717, 1.165) is 5.56 Å². The maximum absolute atomic E-state index is 12.1. The zero-order valence-corrected chi connectivity index (χ0v) is 12.8. The highest BCUT2D eigenvalue weighted by atomic mass is 16.2. The van der Waals surface area contributed by atoms with E-state index in [-0.39, 0.29) is 18.2 Å². The van der Waals surface area contributed by atoms with Crippen LogP contribution in [0.15, 0.2) is 24.3 Å². The van der Waals surface area contributed by atoms with Gasteiger partial charge in [0, 0.05) is 12.6 Å². The van der Waals surface area contributed by atoms with Crippen LogP contribution in [0.4, 0.5) is 5.69 Å². The Balaban J connectivity index is 2.67. The molecule has 4 nitrogen and oxygen atoms in total. The lowest BCUT2D eigenvalue weighted by Crippen LogP contribution is -2.47. The van der Waals surface area contributed by atoms with Crippen LogP contribution in [-0.2, 0) is 16.0 Å². The van der Waals surface area contributed by atoms with Gasteiger partial charge in [0.05, 0.1) is 6.42 Å². The fourth-order valence-corrected chi connectivity index (χ4v) is 2.07. The van der Waals surface area contributed by atoms with Crippen LogP contribution in [0.25, 0.3) is 0 Å². The van der Waals surface area contributed by atoms with E-state index in [2.05, 4.69) is 16.6 Å². The summed E-state index contributed by atoms with van der Waals surface area (Å²) in [5.41, 5.74) is 1.03.